The summed E-state index contributed by atoms with van der Waals surface area (Å²) < 4.78 is 1.41. The Morgan fingerprint density at radius 1 is 1.28 bits per heavy atom. The van der Waals surface area contributed by atoms with Gasteiger partial charge < -0.3 is 11.1 Å². The molecule has 146 valence electrons. The summed E-state index contributed by atoms with van der Waals surface area (Å²) in [5, 5.41) is 6.56. The SMILES string of the molecule is Cc1[nH]n(-c2ccccc2)c(=O)c1NC(=O)c1sc2nc3c(cc2c1N)CCC3. The molecule has 1 amide bonds. The van der Waals surface area contributed by atoms with Crippen molar-refractivity contribution in [1.82, 2.24) is 14.8 Å². The summed E-state index contributed by atoms with van der Waals surface area (Å²) in [7, 11) is 0. The van der Waals surface area contributed by atoms with Gasteiger partial charge in [0.25, 0.3) is 11.5 Å². The number of para-hydroxylation sites is 1. The summed E-state index contributed by atoms with van der Waals surface area (Å²) in [6.07, 6.45) is 3.07. The van der Waals surface area contributed by atoms with Gasteiger partial charge in [0.1, 0.15) is 15.4 Å². The van der Waals surface area contributed by atoms with E-state index in [1.165, 1.54) is 21.6 Å². The highest BCUT2D eigenvalue weighted by atomic mass is 32.1. The minimum absolute atomic E-state index is 0.214. The number of hydrogen-bond donors (Lipinski definition) is 3. The second kappa shape index (κ2) is 6.59. The van der Waals surface area contributed by atoms with Crippen molar-refractivity contribution in [2.45, 2.75) is 26.2 Å². The van der Waals surface area contributed by atoms with E-state index in [2.05, 4.69) is 16.5 Å². The maximum atomic E-state index is 12.9. The van der Waals surface area contributed by atoms with Gasteiger partial charge in [-0.15, -0.1) is 11.3 Å². The predicted octanol–water partition coefficient (Wildman–Crippen LogP) is 3.41. The maximum absolute atomic E-state index is 12.9. The molecule has 5 rings (SSSR count). The minimum atomic E-state index is -0.398. The molecule has 3 aromatic heterocycles. The first-order chi connectivity index (χ1) is 14.0. The molecule has 0 atom stereocenters. The van der Waals surface area contributed by atoms with E-state index in [9.17, 15) is 9.59 Å². The lowest BCUT2D eigenvalue weighted by Gasteiger charge is -2.02. The Morgan fingerprint density at radius 2 is 2.07 bits per heavy atom. The van der Waals surface area contributed by atoms with Gasteiger partial charge in [-0.25, -0.2) is 9.67 Å². The second-order valence-electron chi connectivity index (χ2n) is 7.19. The van der Waals surface area contributed by atoms with Crippen molar-refractivity contribution in [3.8, 4) is 5.69 Å². The Bertz CT molecular complexity index is 1320. The number of aromatic nitrogens is 3. The number of carbonyl (C=O) groups excluding carboxylic acids is 1. The molecule has 0 saturated heterocycles. The van der Waals surface area contributed by atoms with Gasteiger partial charge in [-0.3, -0.25) is 14.7 Å². The van der Waals surface area contributed by atoms with Crippen molar-refractivity contribution in [2.75, 3.05) is 11.1 Å². The average Bonchev–Trinajstić information content (AvgIpc) is 3.39. The normalized spacial score (nSPS) is 13.0. The predicted molar refractivity (Wildman–Crippen MR) is 115 cm³/mol. The minimum Gasteiger partial charge on any atom is -0.397 e. The Balaban J connectivity index is 1.51. The second-order valence-corrected chi connectivity index (χ2v) is 8.19. The van der Waals surface area contributed by atoms with E-state index < -0.39 is 5.91 Å². The third kappa shape index (κ3) is 2.84. The lowest BCUT2D eigenvalue weighted by molar-refractivity contribution is 0.103. The van der Waals surface area contributed by atoms with Crippen LogP contribution in [0, 0.1) is 6.92 Å². The standard InChI is InChI=1S/C21H19N5O2S/c1-11-17(21(28)26(25-11)13-7-3-2-4-8-13)24-19(27)18-16(22)14-10-12-6-5-9-15(12)23-20(14)29-18/h2-4,7-8,10,25H,5-6,9,22H2,1H3,(H,24,27). The highest BCUT2D eigenvalue weighted by molar-refractivity contribution is 7.21. The van der Waals surface area contributed by atoms with Crippen LogP contribution in [-0.2, 0) is 12.8 Å². The summed E-state index contributed by atoms with van der Waals surface area (Å²) in [4.78, 5) is 31.6. The number of rotatable bonds is 3. The van der Waals surface area contributed by atoms with Gasteiger partial charge in [0.2, 0.25) is 0 Å². The number of amides is 1. The van der Waals surface area contributed by atoms with E-state index in [-0.39, 0.29) is 11.2 Å². The number of hydrogen-bond acceptors (Lipinski definition) is 5. The fourth-order valence-electron chi connectivity index (χ4n) is 3.79. The van der Waals surface area contributed by atoms with Crippen molar-refractivity contribution in [3.63, 3.8) is 0 Å². The van der Waals surface area contributed by atoms with Crippen molar-refractivity contribution in [3.05, 3.63) is 68.6 Å². The van der Waals surface area contributed by atoms with E-state index in [4.69, 9.17) is 10.7 Å². The number of carbonyl (C=O) groups is 1. The van der Waals surface area contributed by atoms with Crippen LogP contribution >= 0.6 is 11.3 Å². The van der Waals surface area contributed by atoms with Crippen LogP contribution in [0.25, 0.3) is 15.9 Å². The summed E-state index contributed by atoms with van der Waals surface area (Å²) >= 11 is 1.26. The monoisotopic (exact) mass is 405 g/mol. The van der Waals surface area contributed by atoms with Gasteiger partial charge in [-0.05, 0) is 49.9 Å². The molecule has 1 aromatic carbocycles. The zero-order chi connectivity index (χ0) is 20.1. The average molecular weight is 405 g/mol. The van der Waals surface area contributed by atoms with Gasteiger partial charge in [0.05, 0.1) is 17.1 Å². The Kier molecular flexibility index (Phi) is 4.02. The third-order valence-electron chi connectivity index (χ3n) is 5.28. The van der Waals surface area contributed by atoms with Gasteiger partial charge in [0, 0.05) is 11.1 Å². The van der Waals surface area contributed by atoms with Gasteiger partial charge in [-0.1, -0.05) is 18.2 Å². The van der Waals surface area contributed by atoms with Crippen LogP contribution in [0.5, 0.6) is 0 Å². The fourth-order valence-corrected chi connectivity index (χ4v) is 4.78. The number of anilines is 2. The summed E-state index contributed by atoms with van der Waals surface area (Å²) in [5.74, 6) is -0.398. The van der Waals surface area contributed by atoms with Crippen LogP contribution < -0.4 is 16.6 Å². The number of nitrogens with one attached hydrogen (secondary N) is 2. The Labute approximate surface area is 170 Å². The molecule has 4 aromatic rings. The number of pyridine rings is 1. The summed E-state index contributed by atoms with van der Waals surface area (Å²) in [6, 6.07) is 11.3. The molecule has 29 heavy (non-hydrogen) atoms. The lowest BCUT2D eigenvalue weighted by Crippen LogP contribution is -2.21. The molecule has 1 aliphatic carbocycles. The highest BCUT2D eigenvalue weighted by Gasteiger charge is 2.23. The van der Waals surface area contributed by atoms with Crippen LogP contribution in [-0.4, -0.2) is 20.7 Å². The molecule has 4 N–H and O–H groups in total. The van der Waals surface area contributed by atoms with Gasteiger partial charge in [0.15, 0.2) is 0 Å². The Hall–Kier alpha value is -3.39. The summed E-state index contributed by atoms with van der Waals surface area (Å²) in [6.45, 7) is 1.75. The van der Waals surface area contributed by atoms with Gasteiger partial charge >= 0.3 is 0 Å². The van der Waals surface area contributed by atoms with Crippen LogP contribution in [0.3, 0.4) is 0 Å². The highest BCUT2D eigenvalue weighted by Crippen LogP contribution is 2.36. The topological polar surface area (TPSA) is 106 Å². The first-order valence-electron chi connectivity index (χ1n) is 9.42. The molecule has 1 aliphatic rings. The number of H-pyrrole nitrogens is 1. The molecule has 0 bridgehead atoms. The molecule has 8 heteroatoms. The third-order valence-corrected chi connectivity index (χ3v) is 6.39. The van der Waals surface area contributed by atoms with E-state index in [0.29, 0.717) is 21.9 Å². The number of aromatic amines is 1. The van der Waals surface area contributed by atoms with E-state index in [0.717, 1.165) is 35.2 Å². The molecule has 0 unspecified atom stereocenters. The lowest BCUT2D eigenvalue weighted by atomic mass is 10.1. The van der Waals surface area contributed by atoms with Crippen molar-refractivity contribution >= 4 is 38.8 Å². The fraction of sp³-hybridized carbons (Fsp3) is 0.190. The van der Waals surface area contributed by atoms with Crippen molar-refractivity contribution < 1.29 is 4.79 Å². The first-order valence-corrected chi connectivity index (χ1v) is 10.2. The quantitative estimate of drug-likeness (QED) is 0.486. The maximum Gasteiger partial charge on any atom is 0.295 e. The summed E-state index contributed by atoms with van der Waals surface area (Å²) in [5.41, 5.74) is 10.2. The zero-order valence-corrected chi connectivity index (χ0v) is 16.6. The van der Waals surface area contributed by atoms with Crippen molar-refractivity contribution in [2.24, 2.45) is 0 Å². The molecule has 3 heterocycles. The van der Waals surface area contributed by atoms with Crippen LogP contribution in [0.1, 0.15) is 33.0 Å². The molecule has 7 nitrogen and oxygen atoms in total. The Morgan fingerprint density at radius 3 is 2.86 bits per heavy atom. The number of aryl methyl sites for hydroxylation is 3. The number of nitrogens with two attached hydrogens (primary N) is 1. The largest absolute Gasteiger partial charge is 0.397 e. The van der Waals surface area contributed by atoms with E-state index in [1.807, 2.05) is 30.3 Å². The molecule has 0 radical (unpaired) electrons. The molecule has 0 saturated carbocycles. The van der Waals surface area contributed by atoms with Gasteiger partial charge in [-0.2, -0.15) is 0 Å². The number of thiophene rings is 1. The number of nitrogen functional groups attached to an aromatic ring is 1. The smallest absolute Gasteiger partial charge is 0.295 e. The molecular formula is C21H19N5O2S. The number of benzene rings is 1. The number of fused-ring (bicyclic) bond motifs is 2. The molecule has 0 aliphatic heterocycles. The van der Waals surface area contributed by atoms with Crippen molar-refractivity contribution in [1.29, 1.82) is 0 Å². The van der Waals surface area contributed by atoms with E-state index in [1.54, 1.807) is 6.92 Å². The number of nitrogens with zero attached hydrogens (tertiary/aromatic N) is 2. The zero-order valence-electron chi connectivity index (χ0n) is 15.8. The molecular weight excluding hydrogens is 386 g/mol. The molecule has 0 fully saturated rings. The van der Waals surface area contributed by atoms with E-state index >= 15 is 0 Å². The van der Waals surface area contributed by atoms with Crippen LogP contribution in [0.15, 0.2) is 41.2 Å². The van der Waals surface area contributed by atoms with Crippen LogP contribution in [0.4, 0.5) is 11.4 Å². The van der Waals surface area contributed by atoms with Crippen LogP contribution in [0.2, 0.25) is 0 Å². The first kappa shape index (κ1) is 17.7. The molecule has 0 spiro atoms.